The fourth-order valence-corrected chi connectivity index (χ4v) is 1.44. The van der Waals surface area contributed by atoms with Gasteiger partial charge in [0.1, 0.15) is 0 Å². The first-order valence-corrected chi connectivity index (χ1v) is 5.36. The molecule has 0 spiro atoms. The Morgan fingerprint density at radius 1 is 1.39 bits per heavy atom. The molecule has 6 nitrogen and oxygen atoms in total. The molecule has 2 rings (SSSR count). The highest BCUT2D eigenvalue weighted by atomic mass is 16.4. The Balaban J connectivity index is 2.07. The van der Waals surface area contributed by atoms with Gasteiger partial charge in [0.15, 0.2) is 0 Å². The normalized spacial score (nSPS) is 10.1. The lowest BCUT2D eigenvalue weighted by molar-refractivity contribution is 0.0695. The highest BCUT2D eigenvalue weighted by molar-refractivity contribution is 5.88. The number of pyridine rings is 1. The Kier molecular flexibility index (Phi) is 3.47. The number of hydrogen-bond donors (Lipinski definition) is 2. The van der Waals surface area contributed by atoms with Crippen molar-refractivity contribution in [3.8, 4) is 0 Å². The minimum atomic E-state index is -1.02. The van der Waals surface area contributed by atoms with Crippen LogP contribution in [0.2, 0.25) is 0 Å². The summed E-state index contributed by atoms with van der Waals surface area (Å²) in [4.78, 5) is 22.8. The maximum atomic E-state index is 10.8. The van der Waals surface area contributed by atoms with E-state index >= 15 is 0 Å². The molecule has 0 radical (unpaired) electrons. The maximum Gasteiger partial charge on any atom is 0.339 e. The van der Waals surface area contributed by atoms with Crippen molar-refractivity contribution in [3.63, 3.8) is 0 Å². The van der Waals surface area contributed by atoms with Crippen LogP contribution in [0.1, 0.15) is 21.6 Å². The lowest BCUT2D eigenvalue weighted by Crippen LogP contribution is -2.08. The van der Waals surface area contributed by atoms with Gasteiger partial charge in [-0.15, -0.1) is 0 Å². The van der Waals surface area contributed by atoms with Gasteiger partial charge in [-0.1, -0.05) is 0 Å². The van der Waals surface area contributed by atoms with Crippen LogP contribution in [-0.2, 0) is 6.54 Å². The van der Waals surface area contributed by atoms with Crippen molar-refractivity contribution in [2.75, 3.05) is 5.32 Å². The SMILES string of the molecule is Cc1nc(NCc2ccncc2)ncc1C(=O)O. The predicted octanol–water partition coefficient (Wildman–Crippen LogP) is 1.49. The Morgan fingerprint density at radius 3 is 2.72 bits per heavy atom. The molecule has 92 valence electrons. The van der Waals surface area contributed by atoms with Gasteiger partial charge in [-0.05, 0) is 24.6 Å². The number of carbonyl (C=O) groups is 1. The number of aromatic nitrogens is 3. The first kappa shape index (κ1) is 12.0. The molecule has 6 heteroatoms. The number of aryl methyl sites for hydroxylation is 1. The Morgan fingerprint density at radius 2 is 2.11 bits per heavy atom. The van der Waals surface area contributed by atoms with Gasteiger partial charge >= 0.3 is 5.97 Å². The van der Waals surface area contributed by atoms with Crippen molar-refractivity contribution in [1.82, 2.24) is 15.0 Å². The molecular formula is C12H12N4O2. The lowest BCUT2D eigenvalue weighted by Gasteiger charge is -2.06. The summed E-state index contributed by atoms with van der Waals surface area (Å²) in [6, 6.07) is 3.76. The first-order valence-electron chi connectivity index (χ1n) is 5.36. The fraction of sp³-hybridized carbons (Fsp3) is 0.167. The van der Waals surface area contributed by atoms with Crippen molar-refractivity contribution in [2.24, 2.45) is 0 Å². The number of nitrogens with zero attached hydrogens (tertiary/aromatic N) is 3. The number of hydrogen-bond acceptors (Lipinski definition) is 5. The third kappa shape index (κ3) is 2.79. The van der Waals surface area contributed by atoms with Gasteiger partial charge in [-0.2, -0.15) is 0 Å². The largest absolute Gasteiger partial charge is 0.478 e. The summed E-state index contributed by atoms with van der Waals surface area (Å²) < 4.78 is 0. The maximum absolute atomic E-state index is 10.8. The van der Waals surface area contributed by atoms with E-state index in [9.17, 15) is 4.79 Å². The summed E-state index contributed by atoms with van der Waals surface area (Å²) in [7, 11) is 0. The van der Waals surface area contributed by atoms with E-state index in [4.69, 9.17) is 5.11 Å². The van der Waals surface area contributed by atoms with E-state index in [1.54, 1.807) is 19.3 Å². The molecular weight excluding hydrogens is 232 g/mol. The standard InChI is InChI=1S/C12H12N4O2/c1-8-10(11(17)18)7-15-12(16-8)14-6-9-2-4-13-5-3-9/h2-5,7H,6H2,1H3,(H,17,18)(H,14,15,16). The van der Waals surface area contributed by atoms with Gasteiger partial charge in [0.05, 0.1) is 11.3 Å². The van der Waals surface area contributed by atoms with Crippen molar-refractivity contribution in [3.05, 3.63) is 47.5 Å². The number of rotatable bonds is 4. The van der Waals surface area contributed by atoms with Crippen LogP contribution in [-0.4, -0.2) is 26.0 Å². The van der Waals surface area contributed by atoms with Gasteiger partial charge in [-0.3, -0.25) is 4.98 Å². The molecule has 2 heterocycles. The molecule has 18 heavy (non-hydrogen) atoms. The fourth-order valence-electron chi connectivity index (χ4n) is 1.44. The Bertz CT molecular complexity index is 557. The van der Waals surface area contributed by atoms with Gasteiger partial charge in [0, 0.05) is 25.1 Å². The molecule has 0 saturated carbocycles. The molecule has 2 aromatic heterocycles. The molecule has 0 aliphatic rings. The zero-order chi connectivity index (χ0) is 13.0. The van der Waals surface area contributed by atoms with Gasteiger partial charge in [-0.25, -0.2) is 14.8 Å². The van der Waals surface area contributed by atoms with E-state index in [1.807, 2.05) is 12.1 Å². The molecule has 0 aliphatic carbocycles. The second-order valence-corrected chi connectivity index (χ2v) is 3.71. The van der Waals surface area contributed by atoms with Gasteiger partial charge < -0.3 is 10.4 Å². The van der Waals surface area contributed by atoms with Crippen molar-refractivity contribution in [2.45, 2.75) is 13.5 Å². The molecule has 0 aromatic carbocycles. The van der Waals surface area contributed by atoms with Crippen LogP contribution in [0.25, 0.3) is 0 Å². The Labute approximate surface area is 104 Å². The molecule has 2 N–H and O–H groups in total. The van der Waals surface area contributed by atoms with Crippen LogP contribution in [0.3, 0.4) is 0 Å². The summed E-state index contributed by atoms with van der Waals surface area (Å²) in [5.74, 6) is -0.609. The lowest BCUT2D eigenvalue weighted by atomic mass is 10.2. The van der Waals surface area contributed by atoms with Crippen LogP contribution >= 0.6 is 0 Å². The first-order chi connectivity index (χ1) is 8.66. The summed E-state index contributed by atoms with van der Waals surface area (Å²) in [5, 5.41) is 11.9. The number of carboxylic acid groups (broad SMARTS) is 1. The zero-order valence-corrected chi connectivity index (χ0v) is 9.79. The quantitative estimate of drug-likeness (QED) is 0.847. The highest BCUT2D eigenvalue weighted by Crippen LogP contribution is 2.08. The van der Waals surface area contributed by atoms with Crippen molar-refractivity contribution in [1.29, 1.82) is 0 Å². The van der Waals surface area contributed by atoms with Crippen LogP contribution in [0.5, 0.6) is 0 Å². The molecule has 0 unspecified atom stereocenters. The molecule has 0 saturated heterocycles. The summed E-state index contributed by atoms with van der Waals surface area (Å²) in [6.45, 7) is 2.21. The predicted molar refractivity (Wildman–Crippen MR) is 65.3 cm³/mol. The van der Waals surface area contributed by atoms with Crippen molar-refractivity contribution < 1.29 is 9.90 Å². The highest BCUT2D eigenvalue weighted by Gasteiger charge is 2.09. The minimum absolute atomic E-state index is 0.115. The second kappa shape index (κ2) is 5.22. The van der Waals surface area contributed by atoms with E-state index in [-0.39, 0.29) is 5.56 Å². The average molecular weight is 244 g/mol. The topological polar surface area (TPSA) is 88.0 Å². The van der Waals surface area contributed by atoms with Crippen LogP contribution in [0.15, 0.2) is 30.7 Å². The number of carboxylic acids is 1. The van der Waals surface area contributed by atoms with Crippen LogP contribution < -0.4 is 5.32 Å². The summed E-state index contributed by atoms with van der Waals surface area (Å²) >= 11 is 0. The second-order valence-electron chi connectivity index (χ2n) is 3.71. The third-order valence-electron chi connectivity index (χ3n) is 2.41. The van der Waals surface area contributed by atoms with E-state index in [2.05, 4.69) is 20.3 Å². The molecule has 0 bridgehead atoms. The summed E-state index contributed by atoms with van der Waals surface area (Å²) in [6.07, 6.45) is 4.72. The smallest absolute Gasteiger partial charge is 0.339 e. The van der Waals surface area contributed by atoms with Crippen LogP contribution in [0.4, 0.5) is 5.95 Å². The number of anilines is 1. The number of aromatic carboxylic acids is 1. The molecule has 0 aliphatic heterocycles. The van der Waals surface area contributed by atoms with Gasteiger partial charge in [0.25, 0.3) is 0 Å². The van der Waals surface area contributed by atoms with Gasteiger partial charge in [0.2, 0.25) is 5.95 Å². The van der Waals surface area contributed by atoms with E-state index < -0.39 is 5.97 Å². The molecule has 0 atom stereocenters. The van der Waals surface area contributed by atoms with E-state index in [0.717, 1.165) is 5.56 Å². The molecule has 0 amide bonds. The average Bonchev–Trinajstić information content (AvgIpc) is 2.37. The monoisotopic (exact) mass is 244 g/mol. The van der Waals surface area contributed by atoms with Crippen LogP contribution in [0, 0.1) is 6.92 Å². The van der Waals surface area contributed by atoms with E-state index in [1.165, 1.54) is 6.20 Å². The van der Waals surface area contributed by atoms with Crippen molar-refractivity contribution >= 4 is 11.9 Å². The minimum Gasteiger partial charge on any atom is -0.478 e. The number of nitrogens with one attached hydrogen (secondary N) is 1. The molecule has 2 aromatic rings. The van der Waals surface area contributed by atoms with E-state index in [0.29, 0.717) is 18.2 Å². The Hall–Kier alpha value is -2.50. The molecule has 0 fully saturated rings. The third-order valence-corrected chi connectivity index (χ3v) is 2.41. The zero-order valence-electron chi connectivity index (χ0n) is 9.79. The summed E-state index contributed by atoms with van der Waals surface area (Å²) in [5.41, 5.74) is 1.60.